The van der Waals surface area contributed by atoms with E-state index in [1.165, 1.54) is 32.1 Å². The van der Waals surface area contributed by atoms with E-state index in [0.29, 0.717) is 19.0 Å². The molecular weight excluding hydrogens is 252 g/mol. The second-order valence-corrected chi connectivity index (χ2v) is 7.58. The molecule has 1 unspecified atom stereocenters. The highest BCUT2D eigenvalue weighted by Crippen LogP contribution is 2.55. The predicted octanol–water partition coefficient (Wildman–Crippen LogP) is 1.41. The molecule has 5 rings (SSSR count). The summed E-state index contributed by atoms with van der Waals surface area (Å²) in [7, 11) is 1.98. The standard InChI is InChI=1S/C16H24N2O2/c1-18(16(20)13-7-14(19)17-8-13)15-11-3-9-2-10(5-11)6-12(15)4-9/h9-13,15H,2-8H2,1H3,(H,17,19). The van der Waals surface area contributed by atoms with Crippen LogP contribution in [-0.2, 0) is 9.59 Å². The van der Waals surface area contributed by atoms with Gasteiger partial charge in [0.2, 0.25) is 11.8 Å². The molecule has 1 atom stereocenters. The van der Waals surface area contributed by atoms with Gasteiger partial charge in [-0.25, -0.2) is 0 Å². The average molecular weight is 276 g/mol. The van der Waals surface area contributed by atoms with E-state index in [1.807, 2.05) is 11.9 Å². The second kappa shape index (κ2) is 4.47. The van der Waals surface area contributed by atoms with Crippen LogP contribution in [0, 0.1) is 29.6 Å². The number of carbonyl (C=O) groups is 2. The molecule has 4 nitrogen and oxygen atoms in total. The number of amides is 2. The van der Waals surface area contributed by atoms with E-state index in [9.17, 15) is 9.59 Å². The number of nitrogens with one attached hydrogen (secondary N) is 1. The van der Waals surface area contributed by atoms with Crippen molar-refractivity contribution in [2.24, 2.45) is 29.6 Å². The molecule has 0 aromatic rings. The van der Waals surface area contributed by atoms with E-state index in [0.717, 1.165) is 23.7 Å². The maximum Gasteiger partial charge on any atom is 0.227 e. The molecule has 20 heavy (non-hydrogen) atoms. The first-order valence-electron chi connectivity index (χ1n) is 8.15. The first-order chi connectivity index (χ1) is 9.61. The molecule has 4 aliphatic carbocycles. The number of rotatable bonds is 2. The lowest BCUT2D eigenvalue weighted by atomic mass is 9.54. The molecule has 0 radical (unpaired) electrons. The van der Waals surface area contributed by atoms with Crippen LogP contribution in [0.3, 0.4) is 0 Å². The molecule has 4 bridgehead atoms. The third kappa shape index (κ3) is 1.87. The van der Waals surface area contributed by atoms with Gasteiger partial charge < -0.3 is 10.2 Å². The van der Waals surface area contributed by atoms with E-state index in [1.54, 1.807) is 0 Å². The van der Waals surface area contributed by atoms with Crippen LogP contribution >= 0.6 is 0 Å². The van der Waals surface area contributed by atoms with Gasteiger partial charge in [0.1, 0.15) is 0 Å². The average Bonchev–Trinajstić information content (AvgIpc) is 2.83. The zero-order valence-corrected chi connectivity index (χ0v) is 12.2. The summed E-state index contributed by atoms with van der Waals surface area (Å²) in [5.74, 6) is 3.43. The van der Waals surface area contributed by atoms with Crippen molar-refractivity contribution in [1.29, 1.82) is 0 Å². The minimum absolute atomic E-state index is 0.0295. The second-order valence-electron chi connectivity index (χ2n) is 7.58. The highest BCUT2D eigenvalue weighted by atomic mass is 16.2. The van der Waals surface area contributed by atoms with Gasteiger partial charge >= 0.3 is 0 Å². The van der Waals surface area contributed by atoms with Crippen molar-refractivity contribution in [3.8, 4) is 0 Å². The van der Waals surface area contributed by atoms with Crippen LogP contribution in [0.2, 0.25) is 0 Å². The van der Waals surface area contributed by atoms with Crippen LogP contribution in [-0.4, -0.2) is 36.3 Å². The Labute approximate surface area is 120 Å². The van der Waals surface area contributed by atoms with Crippen molar-refractivity contribution >= 4 is 11.8 Å². The molecule has 2 amide bonds. The first kappa shape index (κ1) is 12.7. The highest BCUT2D eigenvalue weighted by molar-refractivity contribution is 5.89. The molecule has 0 spiro atoms. The van der Waals surface area contributed by atoms with Crippen LogP contribution in [0.15, 0.2) is 0 Å². The molecule has 1 aliphatic heterocycles. The molecule has 0 aromatic carbocycles. The van der Waals surface area contributed by atoms with Crippen LogP contribution in [0.25, 0.3) is 0 Å². The normalized spacial score (nSPS) is 45.5. The first-order valence-corrected chi connectivity index (χ1v) is 8.15. The molecule has 110 valence electrons. The molecule has 0 aromatic heterocycles. The van der Waals surface area contributed by atoms with Gasteiger partial charge in [-0.1, -0.05) is 0 Å². The SMILES string of the molecule is CN(C(=O)C1CNC(=O)C1)C1C2CC3CC(C2)CC1C3. The van der Waals surface area contributed by atoms with Crippen LogP contribution in [0.4, 0.5) is 0 Å². The summed E-state index contributed by atoms with van der Waals surface area (Å²) in [6, 6.07) is 0.450. The van der Waals surface area contributed by atoms with E-state index in [-0.39, 0.29) is 17.7 Å². The summed E-state index contributed by atoms with van der Waals surface area (Å²) in [5.41, 5.74) is 0. The third-order valence-corrected chi connectivity index (χ3v) is 6.30. The van der Waals surface area contributed by atoms with Crippen molar-refractivity contribution in [3.63, 3.8) is 0 Å². The van der Waals surface area contributed by atoms with Gasteiger partial charge in [0.25, 0.3) is 0 Å². The van der Waals surface area contributed by atoms with Crippen molar-refractivity contribution in [2.45, 2.75) is 44.6 Å². The molecule has 4 heteroatoms. The monoisotopic (exact) mass is 276 g/mol. The fourth-order valence-electron chi connectivity index (χ4n) is 5.74. The van der Waals surface area contributed by atoms with Crippen LogP contribution in [0.5, 0.6) is 0 Å². The van der Waals surface area contributed by atoms with Gasteiger partial charge in [0.05, 0.1) is 5.92 Å². The smallest absolute Gasteiger partial charge is 0.227 e. The van der Waals surface area contributed by atoms with Crippen molar-refractivity contribution < 1.29 is 9.59 Å². The van der Waals surface area contributed by atoms with Gasteiger partial charge in [-0.05, 0) is 55.8 Å². The molecule has 5 aliphatic rings. The van der Waals surface area contributed by atoms with Crippen molar-refractivity contribution in [2.75, 3.05) is 13.6 Å². The summed E-state index contributed by atoms with van der Waals surface area (Å²) in [6.07, 6.45) is 7.15. The maximum absolute atomic E-state index is 12.6. The Morgan fingerprint density at radius 1 is 1.10 bits per heavy atom. The number of nitrogens with zero attached hydrogens (tertiary/aromatic N) is 1. The minimum atomic E-state index is -0.121. The van der Waals surface area contributed by atoms with E-state index < -0.39 is 0 Å². The van der Waals surface area contributed by atoms with Gasteiger partial charge in [-0.15, -0.1) is 0 Å². The van der Waals surface area contributed by atoms with E-state index in [2.05, 4.69) is 5.32 Å². The Morgan fingerprint density at radius 2 is 1.70 bits per heavy atom. The predicted molar refractivity (Wildman–Crippen MR) is 74.7 cm³/mol. The van der Waals surface area contributed by atoms with Crippen molar-refractivity contribution in [1.82, 2.24) is 10.2 Å². The molecule has 1 heterocycles. The lowest BCUT2D eigenvalue weighted by molar-refractivity contribution is -0.145. The van der Waals surface area contributed by atoms with Gasteiger partial charge in [0.15, 0.2) is 0 Å². The summed E-state index contributed by atoms with van der Waals surface area (Å²) in [5, 5.41) is 2.79. The zero-order valence-electron chi connectivity index (χ0n) is 12.2. The Morgan fingerprint density at radius 3 is 2.20 bits per heavy atom. The molecular formula is C16H24N2O2. The lowest BCUT2D eigenvalue weighted by Crippen LogP contribution is -2.57. The number of hydrogen-bond donors (Lipinski definition) is 1. The molecule has 4 saturated carbocycles. The van der Waals surface area contributed by atoms with Gasteiger partial charge in [-0.3, -0.25) is 9.59 Å². The Bertz CT molecular complexity index is 420. The highest BCUT2D eigenvalue weighted by Gasteiger charge is 2.50. The topological polar surface area (TPSA) is 49.4 Å². The summed E-state index contributed by atoms with van der Waals surface area (Å²) < 4.78 is 0. The number of carbonyl (C=O) groups excluding carboxylic acids is 2. The van der Waals surface area contributed by atoms with E-state index in [4.69, 9.17) is 0 Å². The Hall–Kier alpha value is -1.06. The molecule has 5 fully saturated rings. The number of hydrogen-bond acceptors (Lipinski definition) is 2. The van der Waals surface area contributed by atoms with Gasteiger partial charge in [0, 0.05) is 26.1 Å². The Balaban J connectivity index is 1.49. The minimum Gasteiger partial charge on any atom is -0.355 e. The summed E-state index contributed by atoms with van der Waals surface area (Å²) in [6.45, 7) is 0.537. The van der Waals surface area contributed by atoms with Crippen LogP contribution < -0.4 is 5.32 Å². The summed E-state index contributed by atoms with van der Waals surface area (Å²) in [4.78, 5) is 26.0. The van der Waals surface area contributed by atoms with E-state index >= 15 is 0 Å². The summed E-state index contributed by atoms with van der Waals surface area (Å²) >= 11 is 0. The molecule has 1 N–H and O–H groups in total. The maximum atomic E-state index is 12.6. The largest absolute Gasteiger partial charge is 0.355 e. The lowest BCUT2D eigenvalue weighted by Gasteiger charge is -2.56. The molecule has 1 saturated heterocycles. The quantitative estimate of drug-likeness (QED) is 0.829. The van der Waals surface area contributed by atoms with Crippen LogP contribution in [0.1, 0.15) is 38.5 Å². The fraction of sp³-hybridized carbons (Fsp3) is 0.875. The Kier molecular flexibility index (Phi) is 2.83. The zero-order chi connectivity index (χ0) is 13.9. The fourth-order valence-corrected chi connectivity index (χ4v) is 5.74. The third-order valence-electron chi connectivity index (χ3n) is 6.30. The van der Waals surface area contributed by atoms with Crippen molar-refractivity contribution in [3.05, 3.63) is 0 Å². The van der Waals surface area contributed by atoms with Gasteiger partial charge in [-0.2, -0.15) is 0 Å².